The summed E-state index contributed by atoms with van der Waals surface area (Å²) in [6, 6.07) is 15.4. The first-order valence-electron chi connectivity index (χ1n) is 12.2. The third-order valence-electron chi connectivity index (χ3n) is 6.69. The van der Waals surface area contributed by atoms with Gasteiger partial charge in [0.05, 0.1) is 15.5 Å². The largest absolute Gasteiger partial charge is 0.350 e. The van der Waals surface area contributed by atoms with E-state index in [0.29, 0.717) is 27.5 Å². The van der Waals surface area contributed by atoms with Crippen LogP contribution in [0.5, 0.6) is 0 Å². The van der Waals surface area contributed by atoms with E-state index < -0.39 is 32.3 Å². The molecule has 1 N–H and O–H groups in total. The number of hydrogen-bond donors (Lipinski definition) is 1. The highest BCUT2D eigenvalue weighted by Gasteiger charge is 2.24. The van der Waals surface area contributed by atoms with Crippen molar-refractivity contribution in [3.05, 3.63) is 106 Å². The summed E-state index contributed by atoms with van der Waals surface area (Å²) in [4.78, 5) is 19.5. The number of aryl methyl sites for hydroxylation is 2. The molecule has 0 aliphatic carbocycles. The highest BCUT2D eigenvalue weighted by atomic mass is 32.2. The van der Waals surface area contributed by atoms with Crippen molar-refractivity contribution in [2.45, 2.75) is 11.8 Å². The molecule has 3 heterocycles. The standard InChI is InChI=1S/C28H20F2N6O4S/c1-16-3-7-19(8-4-16)41(39,40)35-12-11-20-26(22-15-34(2)24-10-5-17(29)13-21(22)24)32-28(33-27(20)35)31-18-6-9-23(30)25(14-18)36(37)38/h3-15H,1-2H3,(H,31,32,33). The Hall–Kier alpha value is -5.17. The van der Waals surface area contributed by atoms with Crippen molar-refractivity contribution in [2.24, 2.45) is 7.05 Å². The number of fused-ring (bicyclic) bond motifs is 2. The Bertz CT molecular complexity index is 2120. The number of rotatable bonds is 6. The third kappa shape index (κ3) is 4.45. The first kappa shape index (κ1) is 26.1. The highest BCUT2D eigenvalue weighted by molar-refractivity contribution is 7.90. The number of halogens is 2. The molecule has 41 heavy (non-hydrogen) atoms. The van der Waals surface area contributed by atoms with Gasteiger partial charge in [-0.1, -0.05) is 17.7 Å². The van der Waals surface area contributed by atoms with E-state index in [0.717, 1.165) is 21.7 Å². The lowest BCUT2D eigenvalue weighted by Gasteiger charge is -2.11. The maximum atomic E-state index is 14.3. The summed E-state index contributed by atoms with van der Waals surface area (Å²) in [6.45, 7) is 1.84. The molecule has 3 aromatic carbocycles. The zero-order valence-electron chi connectivity index (χ0n) is 21.5. The molecule has 0 saturated carbocycles. The van der Waals surface area contributed by atoms with E-state index in [1.807, 2.05) is 6.92 Å². The number of anilines is 2. The summed E-state index contributed by atoms with van der Waals surface area (Å²) in [5.41, 5.74) is 1.76. The third-order valence-corrected chi connectivity index (χ3v) is 8.37. The normalized spacial score (nSPS) is 11.8. The van der Waals surface area contributed by atoms with Gasteiger partial charge in [-0.2, -0.15) is 9.37 Å². The van der Waals surface area contributed by atoms with E-state index in [4.69, 9.17) is 0 Å². The summed E-state index contributed by atoms with van der Waals surface area (Å²) in [5, 5.41) is 15.0. The average molecular weight is 575 g/mol. The summed E-state index contributed by atoms with van der Waals surface area (Å²) in [6.07, 6.45) is 3.10. The Balaban J connectivity index is 1.60. The molecule has 0 radical (unpaired) electrons. The van der Waals surface area contributed by atoms with Crippen LogP contribution in [0.15, 0.2) is 84.0 Å². The van der Waals surface area contributed by atoms with Gasteiger partial charge in [0.1, 0.15) is 5.82 Å². The van der Waals surface area contributed by atoms with Crippen LogP contribution in [0.25, 0.3) is 33.2 Å². The molecule has 0 unspecified atom stereocenters. The molecule has 6 rings (SSSR count). The molecule has 0 fully saturated rings. The van der Waals surface area contributed by atoms with Gasteiger partial charge in [-0.25, -0.2) is 21.8 Å². The van der Waals surface area contributed by atoms with Crippen LogP contribution in [-0.4, -0.2) is 31.8 Å². The van der Waals surface area contributed by atoms with Crippen molar-refractivity contribution in [3.63, 3.8) is 0 Å². The molecule has 0 amide bonds. The molecular weight excluding hydrogens is 554 g/mol. The van der Waals surface area contributed by atoms with Crippen molar-refractivity contribution in [2.75, 3.05) is 5.32 Å². The lowest BCUT2D eigenvalue weighted by Crippen LogP contribution is -2.13. The van der Waals surface area contributed by atoms with Crippen LogP contribution in [0, 0.1) is 28.7 Å². The molecule has 13 heteroatoms. The second-order valence-corrected chi connectivity index (χ2v) is 11.2. The number of nitrogens with one attached hydrogen (secondary N) is 1. The van der Waals surface area contributed by atoms with E-state index in [1.54, 1.807) is 42.1 Å². The van der Waals surface area contributed by atoms with Gasteiger partial charge in [-0.3, -0.25) is 10.1 Å². The second-order valence-electron chi connectivity index (χ2n) is 9.43. The molecular formula is C28H20F2N6O4S. The number of benzene rings is 3. The first-order valence-corrected chi connectivity index (χ1v) is 13.6. The molecule has 206 valence electrons. The summed E-state index contributed by atoms with van der Waals surface area (Å²) in [5.74, 6) is -1.60. The maximum absolute atomic E-state index is 14.3. The van der Waals surface area contributed by atoms with E-state index in [9.17, 15) is 27.3 Å². The van der Waals surface area contributed by atoms with Crippen LogP contribution in [0.2, 0.25) is 0 Å². The minimum absolute atomic E-state index is 0.0168. The lowest BCUT2D eigenvalue weighted by atomic mass is 10.1. The molecule has 0 saturated heterocycles. The van der Waals surface area contributed by atoms with Gasteiger partial charge in [0, 0.05) is 53.0 Å². The first-order chi connectivity index (χ1) is 19.5. The van der Waals surface area contributed by atoms with E-state index in [1.165, 1.54) is 36.5 Å². The Labute approximate surface area is 231 Å². The lowest BCUT2D eigenvalue weighted by molar-refractivity contribution is -0.387. The molecule has 0 bridgehead atoms. The predicted molar refractivity (Wildman–Crippen MR) is 149 cm³/mol. The molecule has 0 spiro atoms. The number of nitro benzene ring substituents is 1. The molecule has 10 nitrogen and oxygen atoms in total. The van der Waals surface area contributed by atoms with Gasteiger partial charge >= 0.3 is 5.69 Å². The minimum Gasteiger partial charge on any atom is -0.350 e. The van der Waals surface area contributed by atoms with Gasteiger partial charge in [0.25, 0.3) is 10.0 Å². The van der Waals surface area contributed by atoms with Crippen molar-refractivity contribution in [1.82, 2.24) is 18.5 Å². The average Bonchev–Trinajstić information content (AvgIpc) is 3.51. The predicted octanol–water partition coefficient (Wildman–Crippen LogP) is 6.07. The maximum Gasteiger partial charge on any atom is 0.306 e. The van der Waals surface area contributed by atoms with E-state index >= 15 is 0 Å². The molecule has 0 aliphatic heterocycles. The Morgan fingerprint density at radius 2 is 1.71 bits per heavy atom. The number of nitro groups is 1. The minimum atomic E-state index is -4.10. The fraction of sp³-hybridized carbons (Fsp3) is 0.0714. The van der Waals surface area contributed by atoms with Crippen molar-refractivity contribution < 1.29 is 22.1 Å². The van der Waals surface area contributed by atoms with Crippen LogP contribution >= 0.6 is 0 Å². The zero-order chi connectivity index (χ0) is 29.1. The molecule has 0 aliphatic rings. The second kappa shape index (κ2) is 9.48. The van der Waals surface area contributed by atoms with Gasteiger partial charge < -0.3 is 9.88 Å². The number of nitrogens with zero attached hydrogens (tertiary/aromatic N) is 5. The van der Waals surface area contributed by atoms with Crippen LogP contribution in [-0.2, 0) is 17.1 Å². The van der Waals surface area contributed by atoms with Crippen molar-refractivity contribution >= 4 is 49.3 Å². The molecule has 6 aromatic rings. The summed E-state index contributed by atoms with van der Waals surface area (Å²) >= 11 is 0. The van der Waals surface area contributed by atoms with E-state index in [-0.39, 0.29) is 22.2 Å². The van der Waals surface area contributed by atoms with Crippen molar-refractivity contribution in [1.29, 1.82) is 0 Å². The van der Waals surface area contributed by atoms with Gasteiger partial charge in [-0.05, 0) is 55.5 Å². The van der Waals surface area contributed by atoms with Crippen LogP contribution in [0.3, 0.4) is 0 Å². The Morgan fingerprint density at radius 1 is 0.951 bits per heavy atom. The quantitative estimate of drug-likeness (QED) is 0.189. The van der Waals surface area contributed by atoms with Crippen LogP contribution in [0.1, 0.15) is 5.56 Å². The Morgan fingerprint density at radius 3 is 2.44 bits per heavy atom. The van der Waals surface area contributed by atoms with Gasteiger partial charge in [0.2, 0.25) is 11.8 Å². The number of hydrogen-bond acceptors (Lipinski definition) is 7. The van der Waals surface area contributed by atoms with Crippen LogP contribution < -0.4 is 5.32 Å². The Kier molecular flexibility index (Phi) is 6.03. The SMILES string of the molecule is Cc1ccc(S(=O)(=O)n2ccc3c(-c4cn(C)c5ccc(F)cc45)nc(Nc4ccc(F)c([N+](=O)[O-])c4)nc32)cc1. The van der Waals surface area contributed by atoms with Gasteiger partial charge in [0.15, 0.2) is 5.65 Å². The zero-order valence-corrected chi connectivity index (χ0v) is 22.4. The fourth-order valence-electron chi connectivity index (χ4n) is 4.68. The smallest absolute Gasteiger partial charge is 0.306 e. The van der Waals surface area contributed by atoms with Crippen molar-refractivity contribution in [3.8, 4) is 11.3 Å². The summed E-state index contributed by atoms with van der Waals surface area (Å²) in [7, 11) is -2.32. The van der Waals surface area contributed by atoms with Crippen LogP contribution in [0.4, 0.5) is 26.1 Å². The van der Waals surface area contributed by atoms with E-state index in [2.05, 4.69) is 15.3 Å². The highest BCUT2D eigenvalue weighted by Crippen LogP contribution is 2.36. The fourth-order valence-corrected chi connectivity index (χ4v) is 5.98. The molecule has 3 aromatic heterocycles. The number of aromatic nitrogens is 4. The topological polar surface area (TPSA) is 125 Å². The van der Waals surface area contributed by atoms with Gasteiger partial charge in [-0.15, -0.1) is 0 Å². The monoisotopic (exact) mass is 574 g/mol. The molecule has 0 atom stereocenters. The summed E-state index contributed by atoms with van der Waals surface area (Å²) < 4.78 is 58.4.